The van der Waals surface area contributed by atoms with Gasteiger partial charge in [0.1, 0.15) is 11.5 Å². The van der Waals surface area contributed by atoms with Crippen LogP contribution in [0.4, 0.5) is 10.1 Å². The molecule has 0 fully saturated rings. The molecule has 1 atom stereocenters. The summed E-state index contributed by atoms with van der Waals surface area (Å²) in [6.07, 6.45) is 1.65. The predicted octanol–water partition coefficient (Wildman–Crippen LogP) is 4.77. The highest BCUT2D eigenvalue weighted by Crippen LogP contribution is 2.25. The van der Waals surface area contributed by atoms with Gasteiger partial charge in [-0.25, -0.2) is 9.38 Å². The number of pyridine rings is 2. The maximum Gasteiger partial charge on any atom is 0.263 e. The molecule has 0 bridgehead atoms. The monoisotopic (exact) mass is 427 g/mol. The molecule has 0 saturated carbocycles. The van der Waals surface area contributed by atoms with Gasteiger partial charge >= 0.3 is 0 Å². The van der Waals surface area contributed by atoms with Crippen LogP contribution in [0.1, 0.15) is 24.4 Å². The summed E-state index contributed by atoms with van der Waals surface area (Å²) < 4.78 is 15.5. The van der Waals surface area contributed by atoms with Gasteiger partial charge in [-0.15, -0.1) is 0 Å². The van der Waals surface area contributed by atoms with E-state index in [1.807, 2.05) is 49.4 Å². The van der Waals surface area contributed by atoms with Gasteiger partial charge < -0.3 is 5.32 Å². The van der Waals surface area contributed by atoms with E-state index in [0.29, 0.717) is 33.7 Å². The highest BCUT2D eigenvalue weighted by Gasteiger charge is 2.18. The number of aromatic nitrogens is 2. The molecular formula is C25H22FN5O. The van der Waals surface area contributed by atoms with Crippen molar-refractivity contribution in [3.63, 3.8) is 0 Å². The lowest BCUT2D eigenvalue weighted by atomic mass is 10.1. The number of para-hydroxylation sites is 1. The molecule has 1 N–H and O–H groups in total. The Morgan fingerprint density at radius 3 is 2.62 bits per heavy atom. The number of fused-ring (bicyclic) bond motifs is 1. The van der Waals surface area contributed by atoms with Crippen molar-refractivity contribution in [2.24, 2.45) is 9.98 Å². The third-order valence-electron chi connectivity index (χ3n) is 5.21. The van der Waals surface area contributed by atoms with Gasteiger partial charge in [0, 0.05) is 24.3 Å². The van der Waals surface area contributed by atoms with Gasteiger partial charge in [-0.05, 0) is 67.6 Å². The molecule has 0 saturated heterocycles. The van der Waals surface area contributed by atoms with Crippen LogP contribution in [0.2, 0.25) is 0 Å². The smallest absolute Gasteiger partial charge is 0.263 e. The highest BCUT2D eigenvalue weighted by atomic mass is 19.1. The van der Waals surface area contributed by atoms with E-state index in [9.17, 15) is 9.18 Å². The summed E-state index contributed by atoms with van der Waals surface area (Å²) in [4.78, 5) is 26.6. The normalized spacial score (nSPS) is 12.5. The largest absolute Gasteiger partial charge is 0.386 e. The van der Waals surface area contributed by atoms with Gasteiger partial charge in [0.2, 0.25) is 0 Å². The van der Waals surface area contributed by atoms with Crippen LogP contribution in [0.5, 0.6) is 0 Å². The second-order valence-corrected chi connectivity index (χ2v) is 7.21. The van der Waals surface area contributed by atoms with Crippen molar-refractivity contribution >= 4 is 29.0 Å². The first kappa shape index (κ1) is 21.1. The van der Waals surface area contributed by atoms with Crippen LogP contribution in [0.3, 0.4) is 0 Å². The van der Waals surface area contributed by atoms with Gasteiger partial charge in [-0.3, -0.25) is 19.3 Å². The first-order valence-electron chi connectivity index (χ1n) is 10.1. The molecule has 0 aliphatic carbocycles. The van der Waals surface area contributed by atoms with E-state index in [4.69, 9.17) is 4.99 Å². The molecule has 160 valence electrons. The van der Waals surface area contributed by atoms with E-state index < -0.39 is 11.9 Å². The van der Waals surface area contributed by atoms with Crippen molar-refractivity contribution in [1.82, 2.24) is 9.55 Å². The Balaban J connectivity index is 1.95. The minimum absolute atomic E-state index is 0.243. The summed E-state index contributed by atoms with van der Waals surface area (Å²) in [7, 11) is 1.79. The lowest BCUT2D eigenvalue weighted by Crippen LogP contribution is -2.23. The molecule has 7 heteroatoms. The van der Waals surface area contributed by atoms with Crippen molar-refractivity contribution in [2.75, 3.05) is 12.4 Å². The number of nitrogens with one attached hydrogen (secondary N) is 1. The Labute approximate surface area is 184 Å². The molecule has 2 aromatic heterocycles. The quantitative estimate of drug-likeness (QED) is 0.368. The van der Waals surface area contributed by atoms with E-state index in [1.54, 1.807) is 23.9 Å². The number of hydrogen-bond donors (Lipinski definition) is 1. The van der Waals surface area contributed by atoms with Crippen LogP contribution in [0, 0.1) is 5.82 Å². The van der Waals surface area contributed by atoms with E-state index in [2.05, 4.69) is 22.0 Å². The lowest BCUT2D eigenvalue weighted by Gasteiger charge is -2.18. The fraction of sp³-hybridized carbons (Fsp3) is 0.120. The second kappa shape index (κ2) is 8.93. The summed E-state index contributed by atoms with van der Waals surface area (Å²) >= 11 is 0. The lowest BCUT2D eigenvalue weighted by molar-refractivity contribution is 0.629. The zero-order valence-electron chi connectivity index (χ0n) is 17.8. The summed E-state index contributed by atoms with van der Waals surface area (Å²) in [6.45, 7) is 5.51. The van der Waals surface area contributed by atoms with Crippen molar-refractivity contribution in [1.29, 1.82) is 0 Å². The van der Waals surface area contributed by atoms with Crippen LogP contribution >= 0.6 is 0 Å². The van der Waals surface area contributed by atoms with Gasteiger partial charge in [-0.2, -0.15) is 0 Å². The summed E-state index contributed by atoms with van der Waals surface area (Å²) in [5.74, 6) is -0.0640. The molecular weight excluding hydrogens is 405 g/mol. The fourth-order valence-electron chi connectivity index (χ4n) is 3.67. The summed E-state index contributed by atoms with van der Waals surface area (Å²) in [6, 6.07) is 18.4. The molecule has 0 unspecified atom stereocenters. The Kier molecular flexibility index (Phi) is 5.89. The number of anilines is 1. The zero-order valence-corrected chi connectivity index (χ0v) is 17.8. The zero-order chi connectivity index (χ0) is 22.7. The molecule has 2 aromatic carbocycles. The van der Waals surface area contributed by atoms with E-state index in [0.717, 1.165) is 5.69 Å². The molecule has 0 amide bonds. The van der Waals surface area contributed by atoms with E-state index >= 15 is 0 Å². The van der Waals surface area contributed by atoms with Crippen LogP contribution in [0.15, 0.2) is 87.7 Å². The van der Waals surface area contributed by atoms with Crippen LogP contribution in [0.25, 0.3) is 16.5 Å². The van der Waals surface area contributed by atoms with Crippen LogP contribution in [-0.4, -0.2) is 29.2 Å². The first-order chi connectivity index (χ1) is 15.5. The summed E-state index contributed by atoms with van der Waals surface area (Å²) in [5.41, 5.74) is 2.36. The molecule has 4 rings (SSSR count). The minimum Gasteiger partial charge on any atom is -0.386 e. The fourth-order valence-corrected chi connectivity index (χ4v) is 3.67. The predicted molar refractivity (Wildman–Crippen MR) is 128 cm³/mol. The molecule has 6 nitrogen and oxygen atoms in total. The maximum absolute atomic E-state index is 13.9. The van der Waals surface area contributed by atoms with Crippen molar-refractivity contribution < 1.29 is 4.39 Å². The molecule has 0 radical (unpaired) electrons. The van der Waals surface area contributed by atoms with Crippen molar-refractivity contribution in [3.8, 4) is 5.69 Å². The number of benzene rings is 2. The molecule has 0 aliphatic heterocycles. The standard InChI is InChI=1S/C25H22FN5O/c1-16(30-24(28-3)23-21(27-2)10-7-13-29-23)22-15-17-14-18(26)11-12-20(17)25(32)31(22)19-8-5-4-6-9-19/h4-16,27H,3H2,1-2H3/t16-/m0/s1. The Hall–Kier alpha value is -4.13. The topological polar surface area (TPSA) is 71.6 Å². The molecule has 0 aliphatic rings. The number of nitrogens with zero attached hydrogens (tertiary/aromatic N) is 4. The average Bonchev–Trinajstić information content (AvgIpc) is 2.82. The van der Waals surface area contributed by atoms with E-state index in [-0.39, 0.29) is 5.56 Å². The molecule has 4 aromatic rings. The Morgan fingerprint density at radius 2 is 1.91 bits per heavy atom. The molecule has 0 spiro atoms. The Bertz CT molecular complexity index is 1380. The number of rotatable bonds is 5. The number of amidine groups is 1. The van der Waals surface area contributed by atoms with E-state index in [1.165, 1.54) is 18.2 Å². The SMILES string of the molecule is C=NC(=N[C@@H](C)c1cc2cc(F)ccc2c(=O)n1-c1ccccc1)c1ncccc1NC. The van der Waals surface area contributed by atoms with Gasteiger partial charge in [0.15, 0.2) is 5.84 Å². The Morgan fingerprint density at radius 1 is 1.12 bits per heavy atom. The van der Waals surface area contributed by atoms with Crippen LogP contribution < -0.4 is 10.9 Å². The number of hydrogen-bond acceptors (Lipinski definition) is 4. The van der Waals surface area contributed by atoms with Gasteiger partial charge in [0.05, 0.1) is 17.4 Å². The highest BCUT2D eigenvalue weighted by molar-refractivity contribution is 6.04. The maximum atomic E-state index is 13.9. The van der Waals surface area contributed by atoms with Crippen LogP contribution in [-0.2, 0) is 0 Å². The summed E-state index contributed by atoms with van der Waals surface area (Å²) in [5, 5.41) is 4.02. The third-order valence-corrected chi connectivity index (χ3v) is 5.21. The first-order valence-corrected chi connectivity index (χ1v) is 10.1. The van der Waals surface area contributed by atoms with Crippen molar-refractivity contribution in [3.05, 3.63) is 100 Å². The molecule has 2 heterocycles. The number of halogens is 1. The minimum atomic E-state index is -0.497. The van der Waals surface area contributed by atoms with Gasteiger partial charge in [0.25, 0.3) is 5.56 Å². The molecule has 32 heavy (non-hydrogen) atoms. The third kappa shape index (κ3) is 3.92. The van der Waals surface area contributed by atoms with Gasteiger partial charge in [-0.1, -0.05) is 18.2 Å². The number of aliphatic imine (C=N–C) groups is 2. The second-order valence-electron chi connectivity index (χ2n) is 7.21. The van der Waals surface area contributed by atoms with Crippen molar-refractivity contribution in [2.45, 2.75) is 13.0 Å². The average molecular weight is 427 g/mol.